The molecule has 9 aromatic carbocycles. The molecule has 12 aromatic rings. The molecule has 0 N–H and O–H groups in total. The van der Waals surface area contributed by atoms with E-state index in [1.54, 1.807) is 0 Å². The molecule has 3 heterocycles. The lowest BCUT2D eigenvalue weighted by Crippen LogP contribution is -1.97. The van der Waals surface area contributed by atoms with Gasteiger partial charge in [-0.1, -0.05) is 182 Å². The number of aromatic nitrogens is 3. The maximum Gasteiger partial charge on any atom is 0.160 e. The Labute approximate surface area is 364 Å². The van der Waals surface area contributed by atoms with Gasteiger partial charge in [0.2, 0.25) is 0 Å². The molecular formula is C59H37N3O. The van der Waals surface area contributed by atoms with E-state index in [-0.39, 0.29) is 0 Å². The number of pyridine rings is 1. The molecule has 0 amide bonds. The highest BCUT2D eigenvalue weighted by Gasteiger charge is 2.22. The summed E-state index contributed by atoms with van der Waals surface area (Å²) in [6.07, 6.45) is 0. The van der Waals surface area contributed by atoms with Crippen LogP contribution < -0.4 is 0 Å². The zero-order valence-corrected chi connectivity index (χ0v) is 34.1. The largest absolute Gasteiger partial charge is 0.456 e. The summed E-state index contributed by atoms with van der Waals surface area (Å²) in [6.45, 7) is 0. The first-order chi connectivity index (χ1) is 31.2. The summed E-state index contributed by atoms with van der Waals surface area (Å²) in [6, 6.07) is 78.4. The van der Waals surface area contributed by atoms with Gasteiger partial charge in [0.15, 0.2) is 5.82 Å². The van der Waals surface area contributed by atoms with Crippen LogP contribution >= 0.6 is 0 Å². The molecular weight excluding hydrogens is 767 g/mol. The van der Waals surface area contributed by atoms with Crippen molar-refractivity contribution in [1.29, 1.82) is 0 Å². The van der Waals surface area contributed by atoms with Crippen LogP contribution in [0.2, 0.25) is 0 Å². The second-order valence-corrected chi connectivity index (χ2v) is 15.9. The van der Waals surface area contributed by atoms with E-state index in [9.17, 15) is 0 Å². The highest BCUT2D eigenvalue weighted by molar-refractivity contribution is 6.27. The molecule has 0 bridgehead atoms. The highest BCUT2D eigenvalue weighted by atomic mass is 16.3. The van der Waals surface area contributed by atoms with E-state index >= 15 is 0 Å². The third-order valence-electron chi connectivity index (χ3n) is 12.0. The second-order valence-electron chi connectivity index (χ2n) is 15.9. The molecule has 12 rings (SSSR count). The van der Waals surface area contributed by atoms with Gasteiger partial charge in [-0.15, -0.1) is 0 Å². The van der Waals surface area contributed by atoms with Crippen molar-refractivity contribution in [1.82, 2.24) is 15.0 Å². The fourth-order valence-corrected chi connectivity index (χ4v) is 9.09. The third kappa shape index (κ3) is 6.53. The average Bonchev–Trinajstić information content (AvgIpc) is 3.74. The van der Waals surface area contributed by atoms with Crippen molar-refractivity contribution < 1.29 is 4.42 Å². The molecule has 4 heteroatoms. The maximum atomic E-state index is 6.65. The van der Waals surface area contributed by atoms with Crippen LogP contribution in [0.5, 0.6) is 0 Å². The van der Waals surface area contributed by atoms with Gasteiger partial charge < -0.3 is 4.42 Å². The first kappa shape index (κ1) is 36.4. The quantitative estimate of drug-likeness (QED) is 0.151. The summed E-state index contributed by atoms with van der Waals surface area (Å²) < 4.78 is 6.65. The van der Waals surface area contributed by atoms with Gasteiger partial charge in [-0.05, 0) is 70.3 Å². The molecule has 0 saturated heterocycles. The fourth-order valence-electron chi connectivity index (χ4n) is 9.09. The van der Waals surface area contributed by atoms with E-state index in [0.717, 1.165) is 116 Å². The Morgan fingerprint density at radius 2 is 0.778 bits per heavy atom. The van der Waals surface area contributed by atoms with Crippen LogP contribution in [-0.4, -0.2) is 15.0 Å². The lowest BCUT2D eigenvalue weighted by molar-refractivity contribution is 0.669. The minimum atomic E-state index is 0.634. The van der Waals surface area contributed by atoms with Crippen molar-refractivity contribution in [2.24, 2.45) is 0 Å². The Morgan fingerprint density at radius 3 is 1.43 bits per heavy atom. The Kier molecular flexibility index (Phi) is 8.79. The lowest BCUT2D eigenvalue weighted by atomic mass is 9.89. The molecule has 0 aliphatic rings. The van der Waals surface area contributed by atoms with Crippen LogP contribution in [0.1, 0.15) is 0 Å². The molecule has 4 nitrogen and oxygen atoms in total. The zero-order chi connectivity index (χ0) is 41.7. The number of fused-ring (bicyclic) bond motifs is 6. The fraction of sp³-hybridized carbons (Fsp3) is 0. The SMILES string of the molecule is c1ccc(-c2cccc(-c3cc(-c4cccc(-c5ccccc5)c4)nc(-c4cccc(-c5nc6ccccc6c6c(-c7ccccc7)c7c(cc56)oc5ccccc57)c4)n3)c2)cc1. The Balaban J connectivity index is 1.08. The van der Waals surface area contributed by atoms with Gasteiger partial charge in [-0.2, -0.15) is 0 Å². The van der Waals surface area contributed by atoms with E-state index in [1.165, 1.54) is 0 Å². The summed E-state index contributed by atoms with van der Waals surface area (Å²) >= 11 is 0. The molecule has 0 aliphatic heterocycles. The summed E-state index contributed by atoms with van der Waals surface area (Å²) in [5.74, 6) is 0.634. The van der Waals surface area contributed by atoms with Crippen LogP contribution in [0, 0.1) is 0 Å². The molecule has 0 unspecified atom stereocenters. The first-order valence-corrected chi connectivity index (χ1v) is 21.3. The van der Waals surface area contributed by atoms with E-state index in [1.807, 2.05) is 24.3 Å². The molecule has 0 aliphatic carbocycles. The summed E-state index contributed by atoms with van der Waals surface area (Å²) in [7, 11) is 0. The van der Waals surface area contributed by atoms with E-state index in [4.69, 9.17) is 19.4 Å². The van der Waals surface area contributed by atoms with Gasteiger partial charge in [0.25, 0.3) is 0 Å². The number of nitrogens with zero attached hydrogens (tertiary/aromatic N) is 3. The summed E-state index contributed by atoms with van der Waals surface area (Å²) in [5, 5.41) is 5.44. The number of hydrogen-bond donors (Lipinski definition) is 0. The van der Waals surface area contributed by atoms with Crippen molar-refractivity contribution in [2.45, 2.75) is 0 Å². The Morgan fingerprint density at radius 1 is 0.286 bits per heavy atom. The van der Waals surface area contributed by atoms with Crippen LogP contribution in [0.25, 0.3) is 122 Å². The molecule has 0 spiro atoms. The smallest absolute Gasteiger partial charge is 0.160 e. The molecule has 0 saturated carbocycles. The molecule has 0 radical (unpaired) electrons. The third-order valence-corrected chi connectivity index (χ3v) is 12.0. The molecule has 3 aromatic heterocycles. The van der Waals surface area contributed by atoms with Crippen molar-refractivity contribution in [2.75, 3.05) is 0 Å². The molecule has 63 heavy (non-hydrogen) atoms. The Hall–Kier alpha value is -8.47. The molecule has 294 valence electrons. The van der Waals surface area contributed by atoms with Gasteiger partial charge in [0.1, 0.15) is 11.2 Å². The van der Waals surface area contributed by atoms with Gasteiger partial charge >= 0.3 is 0 Å². The summed E-state index contributed by atoms with van der Waals surface area (Å²) in [4.78, 5) is 16.1. The number of furan rings is 1. The van der Waals surface area contributed by atoms with Gasteiger partial charge in [-0.25, -0.2) is 15.0 Å². The predicted molar refractivity (Wildman–Crippen MR) is 260 cm³/mol. The molecule has 0 atom stereocenters. The number of rotatable bonds is 7. The minimum absolute atomic E-state index is 0.634. The Bertz CT molecular complexity index is 3570. The predicted octanol–water partition coefficient (Wildman–Crippen LogP) is 15.7. The van der Waals surface area contributed by atoms with E-state index in [0.29, 0.717) is 5.82 Å². The normalized spacial score (nSPS) is 11.5. The number of para-hydroxylation sites is 2. The standard InChI is InChI=1S/C59H37N3O/c1-4-17-38(18-5-1)41-23-14-25-43(33-41)51-37-52(44-26-15-24-42(34-44)39-19-6-2-7-20-39)62-59(61-51)46-28-16-27-45(35-46)58-49-36-54-57(48-30-11-13-32-53(48)63-54)55(40-21-8-3-9-22-40)56(49)47-29-10-12-31-50(47)60-58/h1-37H. The summed E-state index contributed by atoms with van der Waals surface area (Å²) in [5.41, 5.74) is 15.9. The lowest BCUT2D eigenvalue weighted by Gasteiger charge is -2.16. The van der Waals surface area contributed by atoms with Crippen LogP contribution in [0.3, 0.4) is 0 Å². The van der Waals surface area contributed by atoms with Crippen molar-refractivity contribution in [3.63, 3.8) is 0 Å². The average molecular weight is 804 g/mol. The van der Waals surface area contributed by atoms with Gasteiger partial charge in [-0.3, -0.25) is 0 Å². The minimum Gasteiger partial charge on any atom is -0.456 e. The monoisotopic (exact) mass is 803 g/mol. The van der Waals surface area contributed by atoms with E-state index in [2.05, 4.69) is 200 Å². The van der Waals surface area contributed by atoms with Crippen LogP contribution in [0.15, 0.2) is 229 Å². The van der Waals surface area contributed by atoms with E-state index < -0.39 is 0 Å². The molecule has 0 fully saturated rings. The van der Waals surface area contributed by atoms with Gasteiger partial charge in [0.05, 0.1) is 22.6 Å². The topological polar surface area (TPSA) is 51.8 Å². The van der Waals surface area contributed by atoms with Crippen molar-refractivity contribution in [3.05, 3.63) is 224 Å². The number of hydrogen-bond acceptors (Lipinski definition) is 4. The van der Waals surface area contributed by atoms with Crippen molar-refractivity contribution in [3.8, 4) is 78.5 Å². The van der Waals surface area contributed by atoms with Crippen LogP contribution in [0.4, 0.5) is 0 Å². The second kappa shape index (κ2) is 15.2. The van der Waals surface area contributed by atoms with Gasteiger partial charge in [0, 0.05) is 54.7 Å². The van der Waals surface area contributed by atoms with Crippen LogP contribution in [-0.2, 0) is 0 Å². The number of benzene rings is 9. The van der Waals surface area contributed by atoms with Crippen molar-refractivity contribution >= 4 is 43.6 Å². The zero-order valence-electron chi connectivity index (χ0n) is 34.1. The maximum absolute atomic E-state index is 6.65. The first-order valence-electron chi connectivity index (χ1n) is 21.3. The highest BCUT2D eigenvalue weighted by Crippen LogP contribution is 2.46.